The maximum atomic E-state index is 11.6. The van der Waals surface area contributed by atoms with Gasteiger partial charge in [-0.25, -0.2) is 14.6 Å². The molecule has 0 spiro atoms. The van der Waals surface area contributed by atoms with Crippen LogP contribution in [-0.2, 0) is 4.74 Å². The van der Waals surface area contributed by atoms with Crippen LogP contribution in [0.25, 0.3) is 5.52 Å². The average molecular weight is 303 g/mol. The highest BCUT2D eigenvalue weighted by molar-refractivity contribution is 5.97. The molecule has 2 aromatic heterocycles. The number of fused-ring (bicyclic) bond motifs is 1. The molecule has 0 radical (unpaired) electrons. The molecule has 1 aliphatic heterocycles. The van der Waals surface area contributed by atoms with E-state index in [0.717, 1.165) is 25.3 Å². The number of aromatic nitrogens is 2. The molecular weight excluding hydrogens is 286 g/mol. The monoisotopic (exact) mass is 303 g/mol. The van der Waals surface area contributed by atoms with Crippen molar-refractivity contribution in [3.8, 4) is 0 Å². The summed E-state index contributed by atoms with van der Waals surface area (Å²) >= 11 is 0. The van der Waals surface area contributed by atoms with Gasteiger partial charge in [0.15, 0.2) is 5.69 Å². The van der Waals surface area contributed by atoms with Crippen LogP contribution in [0.4, 0.5) is 0 Å². The van der Waals surface area contributed by atoms with Crippen LogP contribution in [-0.4, -0.2) is 58.6 Å². The summed E-state index contributed by atoms with van der Waals surface area (Å²) in [4.78, 5) is 29.6. The zero-order valence-electron chi connectivity index (χ0n) is 12.4. The molecule has 1 fully saturated rings. The molecule has 0 bridgehead atoms. The van der Waals surface area contributed by atoms with Gasteiger partial charge in [-0.2, -0.15) is 0 Å². The number of hydrogen-bond donors (Lipinski definition) is 1. The highest BCUT2D eigenvalue weighted by Crippen LogP contribution is 2.28. The number of carbonyl (C=O) groups is 2. The van der Waals surface area contributed by atoms with E-state index in [4.69, 9.17) is 0 Å². The summed E-state index contributed by atoms with van der Waals surface area (Å²) < 4.78 is 6.45. The maximum absolute atomic E-state index is 11.6. The van der Waals surface area contributed by atoms with Crippen molar-refractivity contribution in [1.82, 2.24) is 14.3 Å². The number of likely N-dealkylation sites (N-methyl/N-ethyl adjacent to an activating group) is 1. The Balaban J connectivity index is 2.14. The lowest BCUT2D eigenvalue weighted by atomic mass is 10.1. The van der Waals surface area contributed by atoms with Crippen LogP contribution in [0, 0.1) is 0 Å². The highest BCUT2D eigenvalue weighted by Gasteiger charge is 2.28. The second-order valence-corrected chi connectivity index (χ2v) is 5.53. The SMILES string of the molecule is COC(=O)c1ccn2c(C3CCN(C)C3)nc(C(=O)O)c2c1. The Hall–Kier alpha value is -2.41. The number of esters is 1. The number of ether oxygens (including phenoxy) is 1. The topological polar surface area (TPSA) is 84.1 Å². The van der Waals surface area contributed by atoms with Gasteiger partial charge < -0.3 is 19.1 Å². The molecule has 0 aromatic carbocycles. The zero-order chi connectivity index (χ0) is 15.9. The van der Waals surface area contributed by atoms with E-state index in [0.29, 0.717) is 11.1 Å². The van der Waals surface area contributed by atoms with Crippen molar-refractivity contribution < 1.29 is 19.4 Å². The fourth-order valence-electron chi connectivity index (χ4n) is 2.94. The van der Waals surface area contributed by atoms with Crippen molar-refractivity contribution in [2.75, 3.05) is 27.2 Å². The van der Waals surface area contributed by atoms with Gasteiger partial charge in [-0.05, 0) is 32.1 Å². The molecule has 3 rings (SSSR count). The number of hydrogen-bond acceptors (Lipinski definition) is 5. The summed E-state index contributed by atoms with van der Waals surface area (Å²) in [6.45, 7) is 1.80. The van der Waals surface area contributed by atoms with E-state index in [9.17, 15) is 14.7 Å². The zero-order valence-corrected chi connectivity index (χ0v) is 12.4. The van der Waals surface area contributed by atoms with Crippen molar-refractivity contribution in [1.29, 1.82) is 0 Å². The number of pyridine rings is 1. The first-order valence-corrected chi connectivity index (χ1v) is 7.03. The standard InChI is InChI=1S/C15H17N3O4/c1-17-5-3-10(8-17)13-16-12(14(19)20)11-7-9(15(21)22-2)4-6-18(11)13/h4,6-7,10H,3,5,8H2,1-2H3,(H,19,20). The number of nitrogens with zero attached hydrogens (tertiary/aromatic N) is 3. The molecule has 2 aromatic rings. The van der Waals surface area contributed by atoms with Crippen molar-refractivity contribution in [2.45, 2.75) is 12.3 Å². The van der Waals surface area contributed by atoms with E-state index < -0.39 is 11.9 Å². The average Bonchev–Trinajstić information content (AvgIpc) is 3.09. The molecule has 1 N–H and O–H groups in total. The normalized spacial score (nSPS) is 18.7. The number of methoxy groups -OCH3 is 1. The van der Waals surface area contributed by atoms with E-state index in [1.54, 1.807) is 16.7 Å². The van der Waals surface area contributed by atoms with E-state index in [-0.39, 0.29) is 11.6 Å². The minimum Gasteiger partial charge on any atom is -0.476 e. The summed E-state index contributed by atoms with van der Waals surface area (Å²) in [5.41, 5.74) is 0.697. The van der Waals surface area contributed by atoms with Crippen molar-refractivity contribution in [3.63, 3.8) is 0 Å². The third-order valence-electron chi connectivity index (χ3n) is 4.05. The first kappa shape index (κ1) is 14.5. The van der Waals surface area contributed by atoms with Crippen LogP contribution in [0.15, 0.2) is 18.3 Å². The largest absolute Gasteiger partial charge is 0.476 e. The molecule has 1 unspecified atom stereocenters. The van der Waals surface area contributed by atoms with Crippen molar-refractivity contribution in [2.24, 2.45) is 0 Å². The summed E-state index contributed by atoms with van der Waals surface area (Å²) in [5.74, 6) is -0.679. The molecule has 1 aliphatic rings. The Labute approximate surface area is 127 Å². The smallest absolute Gasteiger partial charge is 0.356 e. The molecule has 0 saturated carbocycles. The van der Waals surface area contributed by atoms with E-state index in [1.807, 2.05) is 7.05 Å². The Morgan fingerprint density at radius 2 is 2.23 bits per heavy atom. The quantitative estimate of drug-likeness (QED) is 0.859. The third-order valence-corrected chi connectivity index (χ3v) is 4.05. The lowest BCUT2D eigenvalue weighted by Gasteiger charge is -2.09. The Kier molecular flexibility index (Phi) is 3.58. The molecule has 3 heterocycles. The molecule has 7 nitrogen and oxygen atoms in total. The molecule has 1 atom stereocenters. The Morgan fingerprint density at radius 1 is 1.45 bits per heavy atom. The van der Waals surface area contributed by atoms with Gasteiger partial charge in [0, 0.05) is 18.7 Å². The number of carboxylic acids is 1. The third kappa shape index (κ3) is 2.33. The van der Waals surface area contributed by atoms with Crippen molar-refractivity contribution in [3.05, 3.63) is 35.4 Å². The van der Waals surface area contributed by atoms with Gasteiger partial charge in [-0.15, -0.1) is 0 Å². The van der Waals surface area contributed by atoms with Crippen LogP contribution in [0.5, 0.6) is 0 Å². The number of aromatic carboxylic acids is 1. The summed E-state index contributed by atoms with van der Waals surface area (Å²) in [5, 5.41) is 9.38. The number of rotatable bonds is 3. The summed E-state index contributed by atoms with van der Waals surface area (Å²) in [6.07, 6.45) is 2.63. The molecule has 0 amide bonds. The van der Waals surface area contributed by atoms with Crippen LogP contribution in [0.2, 0.25) is 0 Å². The van der Waals surface area contributed by atoms with Gasteiger partial charge >= 0.3 is 11.9 Å². The highest BCUT2D eigenvalue weighted by atomic mass is 16.5. The number of carbonyl (C=O) groups excluding carboxylic acids is 1. The summed E-state index contributed by atoms with van der Waals surface area (Å²) in [6, 6.07) is 3.14. The van der Waals surface area contributed by atoms with Crippen LogP contribution >= 0.6 is 0 Å². The fourth-order valence-corrected chi connectivity index (χ4v) is 2.94. The Morgan fingerprint density at radius 3 is 2.82 bits per heavy atom. The molecule has 0 aliphatic carbocycles. The van der Waals surface area contributed by atoms with Crippen LogP contribution < -0.4 is 0 Å². The van der Waals surface area contributed by atoms with Crippen molar-refractivity contribution >= 4 is 17.5 Å². The second kappa shape index (κ2) is 5.42. The molecule has 7 heteroatoms. The minimum absolute atomic E-state index is 0.0321. The second-order valence-electron chi connectivity index (χ2n) is 5.53. The van der Waals surface area contributed by atoms with Gasteiger partial charge in [0.25, 0.3) is 0 Å². The first-order valence-electron chi connectivity index (χ1n) is 7.03. The van der Waals surface area contributed by atoms with E-state index in [1.165, 1.54) is 13.2 Å². The summed E-state index contributed by atoms with van der Waals surface area (Å²) in [7, 11) is 3.32. The minimum atomic E-state index is -1.10. The van der Waals surface area contributed by atoms with E-state index >= 15 is 0 Å². The number of likely N-dealkylation sites (tertiary alicyclic amines) is 1. The van der Waals surface area contributed by atoms with Gasteiger partial charge in [0.1, 0.15) is 5.82 Å². The van der Waals surface area contributed by atoms with E-state index in [2.05, 4.69) is 14.6 Å². The molecular formula is C15H17N3O4. The van der Waals surface area contributed by atoms with Crippen LogP contribution in [0.1, 0.15) is 39.0 Å². The fraction of sp³-hybridized carbons (Fsp3) is 0.400. The first-order chi connectivity index (χ1) is 10.5. The number of carboxylic acid groups (broad SMARTS) is 1. The van der Waals surface area contributed by atoms with Gasteiger partial charge in [-0.3, -0.25) is 0 Å². The molecule has 116 valence electrons. The Bertz CT molecular complexity index is 753. The lowest BCUT2D eigenvalue weighted by molar-refractivity contribution is 0.0599. The van der Waals surface area contributed by atoms with Gasteiger partial charge in [0.05, 0.1) is 18.2 Å². The van der Waals surface area contributed by atoms with Gasteiger partial charge in [0.2, 0.25) is 0 Å². The molecule has 22 heavy (non-hydrogen) atoms. The molecule has 1 saturated heterocycles. The van der Waals surface area contributed by atoms with Gasteiger partial charge in [-0.1, -0.05) is 0 Å². The maximum Gasteiger partial charge on any atom is 0.356 e. The predicted molar refractivity (Wildman–Crippen MR) is 78.3 cm³/mol. The predicted octanol–water partition coefficient (Wildman–Crippen LogP) is 1.24. The van der Waals surface area contributed by atoms with Crippen LogP contribution in [0.3, 0.4) is 0 Å². The lowest BCUT2D eigenvalue weighted by Crippen LogP contribution is -2.14. The number of imidazole rings is 1.